The summed E-state index contributed by atoms with van der Waals surface area (Å²) in [5.74, 6) is -6.09. The van der Waals surface area contributed by atoms with Crippen molar-refractivity contribution in [2.75, 3.05) is 10.6 Å². The Kier molecular flexibility index (Phi) is 4.95. The summed E-state index contributed by atoms with van der Waals surface area (Å²) in [5.41, 5.74) is -0.377. The molecule has 0 amide bonds. The second-order valence-electron chi connectivity index (χ2n) is 6.62. The Bertz CT molecular complexity index is 749. The van der Waals surface area contributed by atoms with Crippen LogP contribution in [0.5, 0.6) is 0 Å². The van der Waals surface area contributed by atoms with E-state index in [0.717, 1.165) is 19.8 Å². The lowest BCUT2D eigenvalue weighted by molar-refractivity contribution is -0.138. The normalized spacial score (nSPS) is 23.9. The number of rotatable bonds is 5. The molecule has 3 rings (SSSR count). The Balaban J connectivity index is 1.96. The molecule has 2 aliphatic rings. The number of aromatic nitrogens is 3. The molecule has 0 bridgehead atoms. The summed E-state index contributed by atoms with van der Waals surface area (Å²) in [6, 6.07) is -1.96. The minimum absolute atomic E-state index is 0.0354. The van der Waals surface area contributed by atoms with E-state index in [1.54, 1.807) is 0 Å². The smallest absolute Gasteiger partial charge is 0.380 e. The number of alkyl halides is 5. The second-order valence-corrected chi connectivity index (χ2v) is 6.62. The molecule has 1 aromatic rings. The molecule has 2 aliphatic carbocycles. The molecular weight excluding hydrogens is 380 g/mol. The van der Waals surface area contributed by atoms with Gasteiger partial charge >= 0.3 is 6.18 Å². The van der Waals surface area contributed by atoms with Crippen molar-refractivity contribution >= 4 is 17.5 Å². The van der Waals surface area contributed by atoms with Gasteiger partial charge in [0.2, 0.25) is 11.9 Å². The Morgan fingerprint density at radius 3 is 2.37 bits per heavy atom. The van der Waals surface area contributed by atoms with Crippen molar-refractivity contribution in [2.45, 2.75) is 62.9 Å². The lowest BCUT2D eigenvalue weighted by Crippen LogP contribution is -2.37. The Morgan fingerprint density at radius 1 is 1.15 bits per heavy atom. The van der Waals surface area contributed by atoms with Gasteiger partial charge in [-0.15, -0.1) is 0 Å². The molecule has 0 spiro atoms. The van der Waals surface area contributed by atoms with Crippen LogP contribution in [-0.2, 0) is 0 Å². The van der Waals surface area contributed by atoms with Gasteiger partial charge in [-0.1, -0.05) is 0 Å². The summed E-state index contributed by atoms with van der Waals surface area (Å²) in [5, 5.41) is 14.4. The fraction of sp³-hybridized carbons (Fsp3) is 0.667. The van der Waals surface area contributed by atoms with Crippen molar-refractivity contribution in [1.29, 1.82) is 0 Å². The first-order valence-corrected chi connectivity index (χ1v) is 8.28. The molecule has 1 saturated carbocycles. The number of halogens is 6. The first kappa shape index (κ1) is 19.6. The molecule has 1 heterocycles. The van der Waals surface area contributed by atoms with Gasteiger partial charge in [-0.3, -0.25) is 0 Å². The molecule has 27 heavy (non-hydrogen) atoms. The van der Waals surface area contributed by atoms with E-state index >= 15 is 0 Å². The molecule has 0 unspecified atom stereocenters. The third-order valence-electron chi connectivity index (χ3n) is 4.29. The van der Waals surface area contributed by atoms with Crippen molar-refractivity contribution in [2.24, 2.45) is 0 Å². The molecule has 2 atom stereocenters. The van der Waals surface area contributed by atoms with Gasteiger partial charge < -0.3 is 15.7 Å². The van der Waals surface area contributed by atoms with E-state index in [1.807, 2.05) is 0 Å². The van der Waals surface area contributed by atoms with Gasteiger partial charge in [0.15, 0.2) is 11.9 Å². The zero-order valence-electron chi connectivity index (χ0n) is 14.1. The molecule has 1 aromatic heterocycles. The maximum Gasteiger partial charge on any atom is 0.408 e. The number of aliphatic hydroxyl groups excluding tert-OH is 1. The fourth-order valence-electron chi connectivity index (χ4n) is 2.44. The average molecular weight is 397 g/mol. The quantitative estimate of drug-likeness (QED) is 0.662. The summed E-state index contributed by atoms with van der Waals surface area (Å²) in [7, 11) is 0. The molecule has 6 nitrogen and oxygen atoms in total. The van der Waals surface area contributed by atoms with E-state index in [9.17, 15) is 31.4 Å². The third-order valence-corrected chi connectivity index (χ3v) is 4.29. The maximum atomic E-state index is 14.2. The molecule has 0 aliphatic heterocycles. The highest BCUT2D eigenvalue weighted by molar-refractivity contribution is 5.66. The second kappa shape index (κ2) is 6.80. The number of hydrogen-bond donors (Lipinski definition) is 3. The minimum Gasteiger partial charge on any atom is -0.380 e. The van der Waals surface area contributed by atoms with E-state index in [4.69, 9.17) is 0 Å². The van der Waals surface area contributed by atoms with Gasteiger partial charge in [0.05, 0.1) is 0 Å². The van der Waals surface area contributed by atoms with E-state index in [2.05, 4.69) is 25.6 Å². The summed E-state index contributed by atoms with van der Waals surface area (Å²) in [4.78, 5) is 11.5. The van der Waals surface area contributed by atoms with E-state index in [0.29, 0.717) is 0 Å². The largest absolute Gasteiger partial charge is 0.408 e. The molecule has 150 valence electrons. The van der Waals surface area contributed by atoms with Crippen LogP contribution in [0.4, 0.5) is 38.2 Å². The fourth-order valence-corrected chi connectivity index (χ4v) is 2.44. The van der Waals surface area contributed by atoms with Crippen LogP contribution in [0.3, 0.4) is 0 Å². The van der Waals surface area contributed by atoms with Crippen LogP contribution in [0.2, 0.25) is 0 Å². The molecule has 12 heteroatoms. The minimum atomic E-state index is -4.58. The number of aliphatic hydroxyl groups is 1. The Morgan fingerprint density at radius 2 is 1.78 bits per heavy atom. The summed E-state index contributed by atoms with van der Waals surface area (Å²) < 4.78 is 79.5. The van der Waals surface area contributed by atoms with Crippen LogP contribution in [0.25, 0.3) is 5.57 Å². The van der Waals surface area contributed by atoms with Crippen LogP contribution in [0.15, 0.2) is 5.83 Å². The van der Waals surface area contributed by atoms with E-state index in [1.165, 1.54) is 0 Å². The highest BCUT2D eigenvalue weighted by Gasteiger charge is 2.46. The van der Waals surface area contributed by atoms with Gasteiger partial charge in [0.1, 0.15) is 11.9 Å². The van der Waals surface area contributed by atoms with Gasteiger partial charge in [-0.05, 0) is 26.2 Å². The van der Waals surface area contributed by atoms with Crippen LogP contribution in [0.1, 0.15) is 38.4 Å². The van der Waals surface area contributed by atoms with Gasteiger partial charge in [-0.25, -0.2) is 13.2 Å². The molecule has 1 fully saturated rings. The summed E-state index contributed by atoms with van der Waals surface area (Å²) >= 11 is 0. The maximum absolute atomic E-state index is 14.2. The monoisotopic (exact) mass is 397 g/mol. The number of allylic oxidation sites excluding steroid dienone is 1. The number of anilines is 2. The zero-order valence-corrected chi connectivity index (χ0v) is 14.1. The van der Waals surface area contributed by atoms with E-state index in [-0.39, 0.29) is 17.6 Å². The van der Waals surface area contributed by atoms with Gasteiger partial charge in [0, 0.05) is 18.0 Å². The Hall–Kier alpha value is -2.11. The predicted molar refractivity (Wildman–Crippen MR) is 83.8 cm³/mol. The van der Waals surface area contributed by atoms with Crippen LogP contribution in [-0.4, -0.2) is 50.3 Å². The van der Waals surface area contributed by atoms with Crippen molar-refractivity contribution < 1.29 is 31.4 Å². The molecule has 3 N–H and O–H groups in total. The molecule has 0 aromatic carbocycles. The molecular formula is C15H17F6N5O. The third kappa shape index (κ3) is 4.42. The Labute approximate surface area is 150 Å². The van der Waals surface area contributed by atoms with Gasteiger partial charge in [0.25, 0.3) is 5.92 Å². The van der Waals surface area contributed by atoms with Crippen LogP contribution < -0.4 is 10.6 Å². The standard InChI is InChI=1S/C15H17F6N5O/c1-6(15(19,20)21)22-12-24-11(25-13(26-12)23-7-2-3-7)8-4-5-14(17,18)10(27)9(8)16/h6-7,10,27H,2-5H2,1H3,(H2,22,23,24,25,26)/t6-,10-/m1/s1. The first-order valence-electron chi connectivity index (χ1n) is 8.28. The summed E-state index contributed by atoms with van der Waals surface area (Å²) in [6.07, 6.45) is -6.92. The average Bonchev–Trinajstić information content (AvgIpc) is 3.35. The topological polar surface area (TPSA) is 83.0 Å². The SMILES string of the molecule is C[C@@H](Nc1nc(NC2CC2)nc(C2=C(F)[C@@H](O)C(F)(F)CC2)n1)C(F)(F)F. The number of nitrogens with one attached hydrogen (secondary N) is 2. The van der Waals surface area contributed by atoms with Gasteiger partial charge in [-0.2, -0.15) is 28.1 Å². The molecule has 0 radical (unpaired) electrons. The predicted octanol–water partition coefficient (Wildman–Crippen LogP) is 3.28. The first-order chi connectivity index (χ1) is 12.5. The highest BCUT2D eigenvalue weighted by Crippen LogP contribution is 2.41. The zero-order chi connectivity index (χ0) is 20.0. The number of nitrogens with zero attached hydrogens (tertiary/aromatic N) is 3. The van der Waals surface area contributed by atoms with Crippen molar-refractivity contribution in [3.05, 3.63) is 11.7 Å². The van der Waals surface area contributed by atoms with Crippen molar-refractivity contribution in [3.8, 4) is 0 Å². The van der Waals surface area contributed by atoms with Crippen molar-refractivity contribution in [3.63, 3.8) is 0 Å². The van der Waals surface area contributed by atoms with Crippen LogP contribution in [0, 0.1) is 0 Å². The van der Waals surface area contributed by atoms with Crippen LogP contribution >= 0.6 is 0 Å². The molecule has 0 saturated heterocycles. The summed E-state index contributed by atoms with van der Waals surface area (Å²) in [6.45, 7) is 0.849. The highest BCUT2D eigenvalue weighted by atomic mass is 19.4. The van der Waals surface area contributed by atoms with E-state index < -0.39 is 54.7 Å². The number of hydrogen-bond acceptors (Lipinski definition) is 6. The lowest BCUT2D eigenvalue weighted by atomic mass is 9.92. The lowest BCUT2D eigenvalue weighted by Gasteiger charge is -2.27. The van der Waals surface area contributed by atoms with Crippen molar-refractivity contribution in [1.82, 2.24) is 15.0 Å².